The third-order valence-electron chi connectivity index (χ3n) is 4.81. The Kier molecular flexibility index (Phi) is 4.25. The molecular weight excluding hydrogens is 373 g/mol. The molecule has 2 heterocycles. The second-order valence-electron chi connectivity index (χ2n) is 6.38. The van der Waals surface area contributed by atoms with Gasteiger partial charge in [-0.2, -0.15) is 0 Å². The van der Waals surface area contributed by atoms with Crippen molar-refractivity contribution < 1.29 is 14.3 Å². The summed E-state index contributed by atoms with van der Waals surface area (Å²) in [5.74, 6) is -0.925. The Labute approximate surface area is 161 Å². The fraction of sp³-hybridized carbons (Fsp3) is 0.200. The minimum atomic E-state index is -0.404. The SMILES string of the molecule is Cc1ccc(N2C(=O)CC(c3ccccc3Cl)C3=C2COC3=O)cc1Cl. The highest BCUT2D eigenvalue weighted by Gasteiger charge is 2.43. The number of nitrogens with zero attached hydrogens (tertiary/aromatic N) is 1. The molecule has 2 aromatic carbocycles. The molecule has 132 valence electrons. The Morgan fingerprint density at radius 3 is 2.58 bits per heavy atom. The Balaban J connectivity index is 1.86. The fourth-order valence-corrected chi connectivity index (χ4v) is 3.94. The second-order valence-corrected chi connectivity index (χ2v) is 7.19. The van der Waals surface area contributed by atoms with Crippen molar-refractivity contribution in [3.8, 4) is 0 Å². The van der Waals surface area contributed by atoms with Crippen LogP contribution in [0.25, 0.3) is 0 Å². The predicted molar refractivity (Wildman–Crippen MR) is 100 cm³/mol. The van der Waals surface area contributed by atoms with E-state index in [1.54, 1.807) is 17.0 Å². The number of benzene rings is 2. The number of rotatable bonds is 2. The van der Waals surface area contributed by atoms with E-state index in [1.807, 2.05) is 37.3 Å². The summed E-state index contributed by atoms with van der Waals surface area (Å²) in [6.45, 7) is 1.96. The van der Waals surface area contributed by atoms with Gasteiger partial charge in [0, 0.05) is 22.4 Å². The van der Waals surface area contributed by atoms with Crippen LogP contribution < -0.4 is 4.90 Å². The summed E-state index contributed by atoms with van der Waals surface area (Å²) in [5, 5.41) is 1.10. The van der Waals surface area contributed by atoms with Crippen molar-refractivity contribution in [2.75, 3.05) is 11.5 Å². The summed E-state index contributed by atoms with van der Waals surface area (Å²) in [7, 11) is 0. The highest BCUT2D eigenvalue weighted by atomic mass is 35.5. The molecule has 0 N–H and O–H groups in total. The molecule has 2 aromatic rings. The lowest BCUT2D eigenvalue weighted by Gasteiger charge is -2.32. The summed E-state index contributed by atoms with van der Waals surface area (Å²) in [5.41, 5.74) is 3.37. The third kappa shape index (κ3) is 2.70. The molecule has 26 heavy (non-hydrogen) atoms. The predicted octanol–water partition coefficient (Wildman–Crippen LogP) is 4.63. The molecule has 2 aliphatic heterocycles. The van der Waals surface area contributed by atoms with Crippen LogP contribution in [-0.4, -0.2) is 18.5 Å². The largest absolute Gasteiger partial charge is 0.456 e. The molecule has 1 unspecified atom stereocenters. The summed E-state index contributed by atoms with van der Waals surface area (Å²) >= 11 is 12.5. The Morgan fingerprint density at radius 1 is 1.08 bits per heavy atom. The zero-order valence-electron chi connectivity index (χ0n) is 14.0. The molecule has 4 rings (SSSR count). The van der Waals surface area contributed by atoms with Crippen LogP contribution in [0.2, 0.25) is 10.0 Å². The van der Waals surface area contributed by atoms with Crippen LogP contribution in [0.4, 0.5) is 5.69 Å². The van der Waals surface area contributed by atoms with Gasteiger partial charge >= 0.3 is 5.97 Å². The minimum absolute atomic E-state index is 0.0619. The van der Waals surface area contributed by atoms with Crippen molar-refractivity contribution in [1.29, 1.82) is 0 Å². The van der Waals surface area contributed by atoms with Gasteiger partial charge in [-0.1, -0.05) is 47.5 Å². The maximum Gasteiger partial charge on any atom is 0.336 e. The zero-order chi connectivity index (χ0) is 18.4. The molecule has 0 radical (unpaired) electrons. The number of aryl methyl sites for hydroxylation is 1. The van der Waals surface area contributed by atoms with Crippen molar-refractivity contribution in [3.63, 3.8) is 0 Å². The number of hydrogen-bond donors (Lipinski definition) is 0. The van der Waals surface area contributed by atoms with E-state index in [-0.39, 0.29) is 18.9 Å². The van der Waals surface area contributed by atoms with E-state index in [2.05, 4.69) is 0 Å². The summed E-state index contributed by atoms with van der Waals surface area (Å²) in [4.78, 5) is 26.9. The zero-order valence-corrected chi connectivity index (χ0v) is 15.5. The molecule has 0 saturated carbocycles. The van der Waals surface area contributed by atoms with Gasteiger partial charge in [0.1, 0.15) is 6.61 Å². The van der Waals surface area contributed by atoms with Gasteiger partial charge in [0.2, 0.25) is 5.91 Å². The smallest absolute Gasteiger partial charge is 0.336 e. The number of amides is 1. The van der Waals surface area contributed by atoms with Crippen LogP contribution in [0.5, 0.6) is 0 Å². The number of cyclic esters (lactones) is 1. The molecule has 0 aromatic heterocycles. The summed E-state index contributed by atoms with van der Waals surface area (Å²) in [6, 6.07) is 12.7. The number of ether oxygens (including phenoxy) is 1. The lowest BCUT2D eigenvalue weighted by molar-refractivity contribution is -0.136. The topological polar surface area (TPSA) is 46.6 Å². The van der Waals surface area contributed by atoms with Gasteiger partial charge in [-0.05, 0) is 36.2 Å². The molecule has 2 aliphatic rings. The molecule has 0 saturated heterocycles. The number of carbonyl (C=O) groups is 2. The van der Waals surface area contributed by atoms with Crippen LogP contribution in [0.1, 0.15) is 23.5 Å². The average Bonchev–Trinajstić information content (AvgIpc) is 2.99. The second kappa shape index (κ2) is 6.45. The summed E-state index contributed by atoms with van der Waals surface area (Å²) < 4.78 is 5.26. The standard InChI is InChI=1S/C20H15Cl2NO3/c1-11-6-7-12(8-16(11)22)23-17-10-26-20(25)19(17)14(9-18(23)24)13-4-2-3-5-15(13)21/h2-8,14H,9-10H2,1H3. The molecule has 6 heteroatoms. The normalized spacial score (nSPS) is 19.7. The van der Waals surface area contributed by atoms with E-state index in [0.717, 1.165) is 11.1 Å². The van der Waals surface area contributed by atoms with Crippen molar-refractivity contribution in [2.45, 2.75) is 19.3 Å². The van der Waals surface area contributed by atoms with E-state index in [0.29, 0.717) is 27.0 Å². The van der Waals surface area contributed by atoms with Crippen LogP contribution >= 0.6 is 23.2 Å². The number of halogens is 2. The lowest BCUT2D eigenvalue weighted by Crippen LogP contribution is -2.37. The first kappa shape index (κ1) is 17.1. The number of anilines is 1. The third-order valence-corrected chi connectivity index (χ3v) is 5.56. The molecule has 4 nitrogen and oxygen atoms in total. The first-order valence-corrected chi connectivity index (χ1v) is 8.96. The van der Waals surface area contributed by atoms with Crippen LogP contribution in [0, 0.1) is 6.92 Å². The monoisotopic (exact) mass is 387 g/mol. The van der Waals surface area contributed by atoms with Crippen LogP contribution in [-0.2, 0) is 14.3 Å². The van der Waals surface area contributed by atoms with Gasteiger partial charge in [-0.15, -0.1) is 0 Å². The molecule has 1 amide bonds. The van der Waals surface area contributed by atoms with Gasteiger partial charge in [0.25, 0.3) is 0 Å². The average molecular weight is 388 g/mol. The fourth-order valence-electron chi connectivity index (χ4n) is 3.50. The van der Waals surface area contributed by atoms with E-state index >= 15 is 0 Å². The molecule has 0 spiro atoms. The number of esters is 1. The molecular formula is C20H15Cl2NO3. The van der Waals surface area contributed by atoms with E-state index in [1.165, 1.54) is 0 Å². The maximum atomic E-state index is 13.0. The molecule has 0 fully saturated rings. The van der Waals surface area contributed by atoms with E-state index in [4.69, 9.17) is 27.9 Å². The highest BCUT2D eigenvalue weighted by molar-refractivity contribution is 6.32. The Bertz CT molecular complexity index is 967. The van der Waals surface area contributed by atoms with Gasteiger partial charge in [0.05, 0.1) is 17.0 Å². The van der Waals surface area contributed by atoms with Gasteiger partial charge in [-0.3, -0.25) is 9.69 Å². The van der Waals surface area contributed by atoms with Gasteiger partial charge in [-0.25, -0.2) is 4.79 Å². The van der Waals surface area contributed by atoms with Crippen molar-refractivity contribution in [1.82, 2.24) is 0 Å². The van der Waals surface area contributed by atoms with E-state index < -0.39 is 11.9 Å². The number of hydrogen-bond acceptors (Lipinski definition) is 3. The molecule has 0 bridgehead atoms. The quantitative estimate of drug-likeness (QED) is 0.705. The Hall–Kier alpha value is -2.30. The maximum absolute atomic E-state index is 13.0. The minimum Gasteiger partial charge on any atom is -0.456 e. The molecule has 1 atom stereocenters. The van der Waals surface area contributed by atoms with E-state index in [9.17, 15) is 9.59 Å². The first-order valence-electron chi connectivity index (χ1n) is 8.21. The van der Waals surface area contributed by atoms with Crippen molar-refractivity contribution >= 4 is 40.8 Å². The Morgan fingerprint density at radius 2 is 1.85 bits per heavy atom. The van der Waals surface area contributed by atoms with Crippen LogP contribution in [0.3, 0.4) is 0 Å². The summed E-state index contributed by atoms with van der Waals surface area (Å²) in [6.07, 6.45) is 0.142. The van der Waals surface area contributed by atoms with Crippen LogP contribution in [0.15, 0.2) is 53.7 Å². The van der Waals surface area contributed by atoms with Gasteiger partial charge in [0.15, 0.2) is 0 Å². The van der Waals surface area contributed by atoms with Crippen molar-refractivity contribution in [2.24, 2.45) is 0 Å². The highest BCUT2D eigenvalue weighted by Crippen LogP contribution is 2.43. The van der Waals surface area contributed by atoms with Crippen molar-refractivity contribution in [3.05, 3.63) is 74.9 Å². The molecule has 0 aliphatic carbocycles. The van der Waals surface area contributed by atoms with Gasteiger partial charge < -0.3 is 4.74 Å². The number of carbonyl (C=O) groups excluding carboxylic acids is 2. The first-order chi connectivity index (χ1) is 12.5. The lowest BCUT2D eigenvalue weighted by atomic mass is 9.84.